The number of benzene rings is 2. The van der Waals surface area contributed by atoms with Gasteiger partial charge in [-0.3, -0.25) is 0 Å². The number of nitrogens with one attached hydrogen (secondary N) is 1. The van der Waals surface area contributed by atoms with Crippen LogP contribution in [0, 0.1) is 5.82 Å². The minimum Gasteiger partial charge on any atom is -0.493 e. The average Bonchev–Trinajstić information content (AvgIpc) is 2.72. The SMILES string of the molecule is COc1ccc(-c2cc(C(F)F)nc(NCc3ccc(F)cc3)n2)cc1OC. The predicted molar refractivity (Wildman–Crippen MR) is 99.3 cm³/mol. The molecule has 3 aromatic rings. The van der Waals surface area contributed by atoms with Crippen LogP contribution in [0.5, 0.6) is 11.5 Å². The Labute approximate surface area is 160 Å². The summed E-state index contributed by atoms with van der Waals surface area (Å²) in [5.41, 5.74) is 1.25. The fourth-order valence-electron chi connectivity index (χ4n) is 2.58. The molecule has 0 aliphatic heterocycles. The summed E-state index contributed by atoms with van der Waals surface area (Å²) in [6.07, 6.45) is -2.76. The average molecular weight is 389 g/mol. The van der Waals surface area contributed by atoms with E-state index in [1.165, 1.54) is 32.4 Å². The van der Waals surface area contributed by atoms with Crippen molar-refractivity contribution in [2.75, 3.05) is 19.5 Å². The molecule has 28 heavy (non-hydrogen) atoms. The van der Waals surface area contributed by atoms with Crippen LogP contribution in [0.1, 0.15) is 17.7 Å². The van der Waals surface area contributed by atoms with E-state index < -0.39 is 12.1 Å². The fraction of sp³-hybridized carbons (Fsp3) is 0.200. The summed E-state index contributed by atoms with van der Waals surface area (Å²) in [5.74, 6) is 0.671. The number of ether oxygens (including phenoxy) is 2. The van der Waals surface area contributed by atoms with Crippen molar-refractivity contribution in [3.63, 3.8) is 0 Å². The molecule has 0 bridgehead atoms. The number of rotatable bonds is 7. The van der Waals surface area contributed by atoms with Gasteiger partial charge in [-0.05, 0) is 42.0 Å². The van der Waals surface area contributed by atoms with Gasteiger partial charge in [0, 0.05) is 12.1 Å². The van der Waals surface area contributed by atoms with Gasteiger partial charge in [0.05, 0.1) is 19.9 Å². The van der Waals surface area contributed by atoms with Crippen LogP contribution in [0.15, 0.2) is 48.5 Å². The standard InChI is InChI=1S/C20H18F3N3O2/c1-27-17-8-5-13(9-18(17)28-2)15-10-16(19(22)23)26-20(25-15)24-11-12-3-6-14(21)7-4-12/h3-10,19H,11H2,1-2H3,(H,24,25,26). The van der Waals surface area contributed by atoms with Gasteiger partial charge in [-0.1, -0.05) is 12.1 Å². The number of methoxy groups -OCH3 is 2. The van der Waals surface area contributed by atoms with Gasteiger partial charge in [-0.25, -0.2) is 23.1 Å². The number of hydrogen-bond donors (Lipinski definition) is 1. The van der Waals surface area contributed by atoms with E-state index in [1.54, 1.807) is 30.3 Å². The Bertz CT molecular complexity index is 950. The molecule has 1 N–H and O–H groups in total. The normalized spacial score (nSPS) is 10.8. The summed E-state index contributed by atoms with van der Waals surface area (Å²) in [7, 11) is 3.00. The van der Waals surface area contributed by atoms with Crippen molar-refractivity contribution in [3.05, 3.63) is 65.6 Å². The second kappa shape index (κ2) is 8.60. The Balaban J connectivity index is 1.92. The van der Waals surface area contributed by atoms with Gasteiger partial charge in [-0.2, -0.15) is 0 Å². The number of alkyl halides is 2. The van der Waals surface area contributed by atoms with Gasteiger partial charge >= 0.3 is 0 Å². The highest BCUT2D eigenvalue weighted by molar-refractivity contribution is 5.65. The maximum atomic E-state index is 13.3. The van der Waals surface area contributed by atoms with E-state index >= 15 is 0 Å². The summed E-state index contributed by atoms with van der Waals surface area (Å²) >= 11 is 0. The molecule has 0 spiro atoms. The van der Waals surface area contributed by atoms with Crippen molar-refractivity contribution in [2.45, 2.75) is 13.0 Å². The lowest BCUT2D eigenvalue weighted by Crippen LogP contribution is -2.06. The molecular weight excluding hydrogens is 371 g/mol. The van der Waals surface area contributed by atoms with Gasteiger partial charge in [0.2, 0.25) is 5.95 Å². The molecule has 146 valence electrons. The van der Waals surface area contributed by atoms with Crippen molar-refractivity contribution in [1.29, 1.82) is 0 Å². The lowest BCUT2D eigenvalue weighted by Gasteiger charge is -2.12. The third kappa shape index (κ3) is 4.51. The zero-order chi connectivity index (χ0) is 20.1. The first kappa shape index (κ1) is 19.5. The molecule has 0 radical (unpaired) electrons. The van der Waals surface area contributed by atoms with Gasteiger partial charge in [-0.15, -0.1) is 0 Å². The highest BCUT2D eigenvalue weighted by atomic mass is 19.3. The van der Waals surface area contributed by atoms with Gasteiger partial charge in [0.15, 0.2) is 11.5 Å². The number of nitrogens with zero attached hydrogens (tertiary/aromatic N) is 2. The van der Waals surface area contributed by atoms with Crippen molar-refractivity contribution in [1.82, 2.24) is 9.97 Å². The second-order valence-corrected chi connectivity index (χ2v) is 5.85. The maximum absolute atomic E-state index is 13.3. The topological polar surface area (TPSA) is 56.3 Å². The van der Waals surface area contributed by atoms with Crippen molar-refractivity contribution < 1.29 is 22.6 Å². The van der Waals surface area contributed by atoms with E-state index in [0.29, 0.717) is 22.8 Å². The smallest absolute Gasteiger partial charge is 0.280 e. The van der Waals surface area contributed by atoms with Crippen molar-refractivity contribution in [3.8, 4) is 22.8 Å². The molecule has 0 unspecified atom stereocenters. The lowest BCUT2D eigenvalue weighted by atomic mass is 10.1. The Morgan fingerprint density at radius 1 is 0.929 bits per heavy atom. The first-order chi connectivity index (χ1) is 13.5. The molecule has 0 atom stereocenters. The van der Waals surface area contributed by atoms with Crippen LogP contribution in [0.2, 0.25) is 0 Å². The van der Waals surface area contributed by atoms with Crippen molar-refractivity contribution >= 4 is 5.95 Å². The molecule has 2 aromatic carbocycles. The van der Waals surface area contributed by atoms with Gasteiger partial charge in [0.1, 0.15) is 11.5 Å². The van der Waals surface area contributed by atoms with E-state index in [0.717, 1.165) is 5.56 Å². The van der Waals surface area contributed by atoms with E-state index in [4.69, 9.17) is 9.47 Å². The van der Waals surface area contributed by atoms with Crippen LogP contribution in [-0.4, -0.2) is 24.2 Å². The molecule has 3 rings (SSSR count). The Kier molecular flexibility index (Phi) is 5.98. The quantitative estimate of drug-likeness (QED) is 0.626. The first-order valence-electron chi connectivity index (χ1n) is 8.38. The predicted octanol–water partition coefficient (Wildman–Crippen LogP) is 4.85. The van der Waals surface area contributed by atoms with Crippen LogP contribution in [-0.2, 0) is 6.54 Å². The summed E-state index contributed by atoms with van der Waals surface area (Å²) in [6.45, 7) is 0.262. The third-order valence-corrected chi connectivity index (χ3v) is 4.01. The van der Waals surface area contributed by atoms with E-state index in [-0.39, 0.29) is 18.3 Å². The minimum atomic E-state index is -2.76. The minimum absolute atomic E-state index is 0.0481. The molecule has 0 fully saturated rings. The Hall–Kier alpha value is -3.29. The molecule has 0 saturated heterocycles. The highest BCUT2D eigenvalue weighted by Gasteiger charge is 2.15. The van der Waals surface area contributed by atoms with Crippen LogP contribution < -0.4 is 14.8 Å². The van der Waals surface area contributed by atoms with Crippen LogP contribution in [0.3, 0.4) is 0 Å². The van der Waals surface area contributed by atoms with Crippen LogP contribution in [0.25, 0.3) is 11.3 Å². The fourth-order valence-corrected chi connectivity index (χ4v) is 2.58. The van der Waals surface area contributed by atoms with E-state index in [1.807, 2.05) is 0 Å². The molecule has 0 amide bonds. The Morgan fingerprint density at radius 3 is 2.29 bits per heavy atom. The molecule has 0 aliphatic rings. The van der Waals surface area contributed by atoms with Crippen LogP contribution >= 0.6 is 0 Å². The van der Waals surface area contributed by atoms with E-state index in [2.05, 4.69) is 15.3 Å². The third-order valence-electron chi connectivity index (χ3n) is 4.01. The molecule has 5 nitrogen and oxygen atoms in total. The second-order valence-electron chi connectivity index (χ2n) is 5.85. The van der Waals surface area contributed by atoms with Crippen molar-refractivity contribution in [2.24, 2.45) is 0 Å². The number of halogens is 3. The summed E-state index contributed by atoms with van der Waals surface area (Å²) < 4.78 is 50.1. The zero-order valence-electron chi connectivity index (χ0n) is 15.2. The molecular formula is C20H18F3N3O2. The molecule has 0 aliphatic carbocycles. The van der Waals surface area contributed by atoms with Gasteiger partial charge in [0.25, 0.3) is 6.43 Å². The zero-order valence-corrected chi connectivity index (χ0v) is 15.2. The Morgan fingerprint density at radius 2 is 1.64 bits per heavy atom. The lowest BCUT2D eigenvalue weighted by molar-refractivity contribution is 0.146. The number of anilines is 1. The largest absolute Gasteiger partial charge is 0.493 e. The number of aromatic nitrogens is 2. The van der Waals surface area contributed by atoms with Crippen LogP contribution in [0.4, 0.5) is 19.1 Å². The molecule has 8 heteroatoms. The first-order valence-corrected chi connectivity index (χ1v) is 8.38. The monoisotopic (exact) mass is 389 g/mol. The molecule has 1 aromatic heterocycles. The summed E-state index contributed by atoms with van der Waals surface area (Å²) in [5, 5.41) is 2.90. The molecule has 0 saturated carbocycles. The summed E-state index contributed by atoms with van der Waals surface area (Å²) in [6, 6.07) is 12.1. The van der Waals surface area contributed by atoms with Gasteiger partial charge < -0.3 is 14.8 Å². The summed E-state index contributed by atoms with van der Waals surface area (Å²) in [4.78, 5) is 8.19. The molecule has 1 heterocycles. The maximum Gasteiger partial charge on any atom is 0.280 e. The highest BCUT2D eigenvalue weighted by Crippen LogP contribution is 2.33. The van der Waals surface area contributed by atoms with E-state index in [9.17, 15) is 13.2 Å². The number of hydrogen-bond acceptors (Lipinski definition) is 5.